The second-order valence-electron chi connectivity index (χ2n) is 4.49. The zero-order valence-electron chi connectivity index (χ0n) is 11.7. The van der Waals surface area contributed by atoms with E-state index in [2.05, 4.69) is 5.32 Å². The second kappa shape index (κ2) is 8.12. The van der Waals surface area contributed by atoms with Gasteiger partial charge in [0.1, 0.15) is 11.6 Å². The highest BCUT2D eigenvalue weighted by molar-refractivity contribution is 7.99. The normalized spacial score (nSPS) is 10.8. The standard InChI is InChI=1S/C16H17F2NOS/c1-20-9-8-19-11-12-2-5-14(6-3-12)21-16-10-13(17)4-7-15(16)18/h2-7,10,19H,8-9,11H2,1H3. The maximum atomic E-state index is 13.6. The Hall–Kier alpha value is -1.43. The average molecular weight is 309 g/mol. The number of hydrogen-bond donors (Lipinski definition) is 1. The van der Waals surface area contributed by atoms with Gasteiger partial charge < -0.3 is 10.1 Å². The van der Waals surface area contributed by atoms with E-state index in [-0.39, 0.29) is 0 Å². The SMILES string of the molecule is COCCNCc1ccc(Sc2cc(F)ccc2F)cc1. The summed E-state index contributed by atoms with van der Waals surface area (Å²) in [5.74, 6) is -0.843. The number of benzene rings is 2. The molecular formula is C16H17F2NOS. The minimum atomic E-state index is -0.433. The van der Waals surface area contributed by atoms with Crippen LogP contribution in [-0.4, -0.2) is 20.3 Å². The van der Waals surface area contributed by atoms with Crippen LogP contribution in [0.5, 0.6) is 0 Å². The molecule has 0 spiro atoms. The van der Waals surface area contributed by atoms with Crippen LogP contribution in [0.2, 0.25) is 0 Å². The molecule has 112 valence electrons. The van der Waals surface area contributed by atoms with Crippen LogP contribution in [0.3, 0.4) is 0 Å². The summed E-state index contributed by atoms with van der Waals surface area (Å²) in [4.78, 5) is 1.17. The molecule has 0 heterocycles. The van der Waals surface area contributed by atoms with Crippen molar-refractivity contribution in [2.45, 2.75) is 16.3 Å². The Morgan fingerprint density at radius 1 is 1.10 bits per heavy atom. The molecule has 21 heavy (non-hydrogen) atoms. The maximum absolute atomic E-state index is 13.6. The van der Waals surface area contributed by atoms with Crippen LogP contribution in [-0.2, 0) is 11.3 Å². The highest BCUT2D eigenvalue weighted by atomic mass is 32.2. The van der Waals surface area contributed by atoms with Gasteiger partial charge in [-0.1, -0.05) is 23.9 Å². The Labute approximate surface area is 127 Å². The number of halogens is 2. The number of nitrogens with one attached hydrogen (secondary N) is 1. The van der Waals surface area contributed by atoms with E-state index in [0.717, 1.165) is 35.7 Å². The molecule has 0 saturated heterocycles. The lowest BCUT2D eigenvalue weighted by Gasteiger charge is -2.06. The molecule has 0 unspecified atom stereocenters. The topological polar surface area (TPSA) is 21.3 Å². The van der Waals surface area contributed by atoms with E-state index in [1.807, 2.05) is 24.3 Å². The first kappa shape index (κ1) is 15.9. The monoisotopic (exact) mass is 309 g/mol. The maximum Gasteiger partial charge on any atom is 0.137 e. The van der Waals surface area contributed by atoms with Gasteiger partial charge in [0.25, 0.3) is 0 Å². The highest BCUT2D eigenvalue weighted by Gasteiger charge is 2.06. The van der Waals surface area contributed by atoms with Crippen molar-refractivity contribution in [3.63, 3.8) is 0 Å². The van der Waals surface area contributed by atoms with Crippen molar-refractivity contribution in [1.29, 1.82) is 0 Å². The molecule has 2 aromatic carbocycles. The summed E-state index contributed by atoms with van der Waals surface area (Å²) in [6, 6.07) is 11.2. The van der Waals surface area contributed by atoms with Crippen LogP contribution in [0.1, 0.15) is 5.56 Å². The van der Waals surface area contributed by atoms with Gasteiger partial charge in [0, 0.05) is 25.1 Å². The Morgan fingerprint density at radius 3 is 2.57 bits per heavy atom. The fourth-order valence-corrected chi connectivity index (χ4v) is 2.63. The Balaban J connectivity index is 1.94. The van der Waals surface area contributed by atoms with E-state index in [4.69, 9.17) is 4.74 Å². The van der Waals surface area contributed by atoms with Crippen LogP contribution in [0, 0.1) is 11.6 Å². The quantitative estimate of drug-likeness (QED) is 0.785. The lowest BCUT2D eigenvalue weighted by molar-refractivity contribution is 0.199. The fourth-order valence-electron chi connectivity index (χ4n) is 1.76. The third-order valence-corrected chi connectivity index (χ3v) is 3.90. The Bertz CT molecular complexity index is 575. The van der Waals surface area contributed by atoms with Crippen molar-refractivity contribution >= 4 is 11.8 Å². The van der Waals surface area contributed by atoms with Crippen molar-refractivity contribution in [2.24, 2.45) is 0 Å². The summed E-state index contributed by atoms with van der Waals surface area (Å²) in [7, 11) is 1.67. The van der Waals surface area contributed by atoms with Crippen molar-refractivity contribution < 1.29 is 13.5 Å². The minimum absolute atomic E-state index is 0.293. The molecule has 2 nitrogen and oxygen atoms in total. The summed E-state index contributed by atoms with van der Waals surface area (Å²) in [5.41, 5.74) is 1.13. The highest BCUT2D eigenvalue weighted by Crippen LogP contribution is 2.30. The smallest absolute Gasteiger partial charge is 0.137 e. The first-order chi connectivity index (χ1) is 10.2. The molecule has 2 aromatic rings. The zero-order valence-corrected chi connectivity index (χ0v) is 12.6. The largest absolute Gasteiger partial charge is 0.383 e. The van der Waals surface area contributed by atoms with Gasteiger partial charge in [0.2, 0.25) is 0 Å². The van der Waals surface area contributed by atoms with E-state index in [9.17, 15) is 8.78 Å². The van der Waals surface area contributed by atoms with Gasteiger partial charge in [-0.3, -0.25) is 0 Å². The van der Waals surface area contributed by atoms with Gasteiger partial charge in [-0.05, 0) is 35.9 Å². The molecule has 0 fully saturated rings. The lowest BCUT2D eigenvalue weighted by atomic mass is 10.2. The average Bonchev–Trinajstić information content (AvgIpc) is 2.49. The molecular weight excluding hydrogens is 292 g/mol. The van der Waals surface area contributed by atoms with Crippen LogP contribution in [0.25, 0.3) is 0 Å². The van der Waals surface area contributed by atoms with Gasteiger partial charge in [-0.15, -0.1) is 0 Å². The molecule has 0 saturated carbocycles. The summed E-state index contributed by atoms with van der Waals surface area (Å²) in [5, 5.41) is 3.25. The van der Waals surface area contributed by atoms with Gasteiger partial charge in [-0.25, -0.2) is 8.78 Å². The molecule has 5 heteroatoms. The lowest BCUT2D eigenvalue weighted by Crippen LogP contribution is -2.18. The summed E-state index contributed by atoms with van der Waals surface area (Å²) in [6.45, 7) is 2.22. The number of ether oxygens (including phenoxy) is 1. The van der Waals surface area contributed by atoms with Gasteiger partial charge in [0.15, 0.2) is 0 Å². The minimum Gasteiger partial charge on any atom is -0.383 e. The third kappa shape index (κ3) is 5.12. The van der Waals surface area contributed by atoms with Crippen molar-refractivity contribution in [3.8, 4) is 0 Å². The van der Waals surface area contributed by atoms with E-state index in [1.165, 1.54) is 17.8 Å². The predicted octanol–water partition coefficient (Wildman–Crippen LogP) is 3.85. The molecule has 0 atom stereocenters. The number of methoxy groups -OCH3 is 1. The predicted molar refractivity (Wildman–Crippen MR) is 80.5 cm³/mol. The van der Waals surface area contributed by atoms with Gasteiger partial charge >= 0.3 is 0 Å². The fraction of sp³-hybridized carbons (Fsp3) is 0.250. The molecule has 0 radical (unpaired) electrons. The van der Waals surface area contributed by atoms with Gasteiger partial charge in [0.05, 0.1) is 11.5 Å². The first-order valence-corrected chi connectivity index (χ1v) is 7.42. The Morgan fingerprint density at radius 2 is 1.86 bits per heavy atom. The first-order valence-electron chi connectivity index (χ1n) is 6.60. The second-order valence-corrected chi connectivity index (χ2v) is 5.61. The van der Waals surface area contributed by atoms with Crippen molar-refractivity contribution in [3.05, 3.63) is 59.7 Å². The van der Waals surface area contributed by atoms with Crippen LogP contribution in [0.15, 0.2) is 52.3 Å². The number of hydrogen-bond acceptors (Lipinski definition) is 3. The van der Waals surface area contributed by atoms with E-state index in [1.54, 1.807) is 7.11 Å². The molecule has 2 rings (SSSR count). The van der Waals surface area contributed by atoms with Crippen LogP contribution < -0.4 is 5.32 Å². The molecule has 0 aliphatic heterocycles. The van der Waals surface area contributed by atoms with E-state index < -0.39 is 11.6 Å². The molecule has 0 bridgehead atoms. The Kier molecular flexibility index (Phi) is 6.17. The molecule has 0 amide bonds. The van der Waals surface area contributed by atoms with Crippen molar-refractivity contribution in [1.82, 2.24) is 5.32 Å². The van der Waals surface area contributed by atoms with Crippen LogP contribution in [0.4, 0.5) is 8.78 Å². The molecule has 0 aromatic heterocycles. The summed E-state index contributed by atoms with van der Waals surface area (Å²) >= 11 is 1.21. The van der Waals surface area contributed by atoms with E-state index in [0.29, 0.717) is 11.5 Å². The molecule has 0 aliphatic rings. The molecule has 0 aliphatic carbocycles. The van der Waals surface area contributed by atoms with Crippen molar-refractivity contribution in [2.75, 3.05) is 20.3 Å². The van der Waals surface area contributed by atoms with E-state index >= 15 is 0 Å². The van der Waals surface area contributed by atoms with Crippen LogP contribution >= 0.6 is 11.8 Å². The van der Waals surface area contributed by atoms with Gasteiger partial charge in [-0.2, -0.15) is 0 Å². The summed E-state index contributed by atoms with van der Waals surface area (Å²) in [6.07, 6.45) is 0. The molecule has 1 N–H and O–H groups in total. The zero-order chi connectivity index (χ0) is 15.1. The third-order valence-electron chi connectivity index (χ3n) is 2.86. The number of rotatable bonds is 7. The summed E-state index contributed by atoms with van der Waals surface area (Å²) < 4.78 is 31.6.